The Morgan fingerprint density at radius 2 is 2.09 bits per heavy atom. The highest BCUT2D eigenvalue weighted by Crippen LogP contribution is 2.40. The van der Waals surface area contributed by atoms with Crippen LogP contribution >= 0.6 is 22.9 Å². The summed E-state index contributed by atoms with van der Waals surface area (Å²) in [6.45, 7) is 5.38. The molecule has 5 N–H and O–H groups in total. The zero-order valence-corrected chi connectivity index (χ0v) is 21.7. The van der Waals surface area contributed by atoms with Crippen LogP contribution in [0.5, 0.6) is 0 Å². The third-order valence-corrected chi connectivity index (χ3v) is 8.77. The van der Waals surface area contributed by atoms with E-state index in [9.17, 15) is 13.2 Å². The number of hydrogen-bond acceptors (Lipinski definition) is 8. The molecule has 14 heteroatoms. The molecule has 0 spiro atoms. The summed E-state index contributed by atoms with van der Waals surface area (Å²) in [5.41, 5.74) is 0.571. The number of carboxylic acid groups (broad SMARTS) is 1. The predicted octanol–water partition coefficient (Wildman–Crippen LogP) is 4.16. The number of hydrogen-bond donors (Lipinski definition) is 5. The Labute approximate surface area is 211 Å². The molecule has 1 fully saturated rings. The molecule has 3 aromatic rings. The van der Waals surface area contributed by atoms with E-state index in [2.05, 4.69) is 35.5 Å². The average molecular weight is 540 g/mol. The fourth-order valence-electron chi connectivity index (χ4n) is 3.27. The molecule has 11 nitrogen and oxygen atoms in total. The minimum atomic E-state index is -3.88. The van der Waals surface area contributed by atoms with Crippen LogP contribution in [0.2, 0.25) is 5.02 Å². The fraction of sp³-hybridized carbons (Fsp3) is 0.429. The zero-order chi connectivity index (χ0) is 25.4. The molecule has 0 aliphatic heterocycles. The van der Waals surface area contributed by atoms with Gasteiger partial charge in [0.05, 0.1) is 17.1 Å². The number of carbonyl (C=O) groups is 1. The third-order valence-electron chi connectivity index (χ3n) is 5.49. The van der Waals surface area contributed by atoms with Crippen molar-refractivity contribution in [1.82, 2.24) is 30.2 Å². The lowest BCUT2D eigenvalue weighted by molar-refractivity contribution is 0.175. The van der Waals surface area contributed by atoms with E-state index in [1.807, 2.05) is 26.8 Å². The van der Waals surface area contributed by atoms with Crippen LogP contribution in [0.4, 0.5) is 16.4 Å². The van der Waals surface area contributed by atoms with Gasteiger partial charge >= 0.3 is 6.09 Å². The number of aromatic amines is 1. The van der Waals surface area contributed by atoms with Gasteiger partial charge in [-0.15, -0.1) is 11.3 Å². The van der Waals surface area contributed by atoms with E-state index in [0.717, 1.165) is 29.9 Å². The number of nitrogens with one attached hydrogen (secondary N) is 4. The van der Waals surface area contributed by atoms with Crippen molar-refractivity contribution in [3.63, 3.8) is 0 Å². The summed E-state index contributed by atoms with van der Waals surface area (Å²) in [5, 5.41) is 22.1. The van der Waals surface area contributed by atoms with E-state index in [4.69, 9.17) is 16.7 Å². The first-order valence-electron chi connectivity index (χ1n) is 10.9. The third kappa shape index (κ3) is 6.28. The van der Waals surface area contributed by atoms with Gasteiger partial charge in [-0.05, 0) is 30.4 Å². The van der Waals surface area contributed by atoms with Crippen LogP contribution in [-0.4, -0.2) is 52.4 Å². The SMILES string of the molecule is CC(C)(C)C(CNS(=O)(=O)c1ccc(-c2ncc(Cl)c(Nc3cc(C4CC4)[nH]n3)n2)s1)NC(=O)O. The minimum absolute atomic E-state index is 0.0601. The Morgan fingerprint density at radius 1 is 1.34 bits per heavy atom. The highest BCUT2D eigenvalue weighted by atomic mass is 35.5. The molecule has 1 aliphatic carbocycles. The van der Waals surface area contributed by atoms with Crippen molar-refractivity contribution in [2.45, 2.75) is 49.8 Å². The number of aromatic nitrogens is 4. The van der Waals surface area contributed by atoms with Gasteiger partial charge in [-0.2, -0.15) is 5.10 Å². The number of H-pyrrole nitrogens is 1. The monoisotopic (exact) mass is 539 g/mol. The molecule has 3 aromatic heterocycles. The molecule has 0 saturated heterocycles. The number of rotatable bonds is 9. The van der Waals surface area contributed by atoms with Crippen molar-refractivity contribution < 1.29 is 18.3 Å². The highest BCUT2D eigenvalue weighted by molar-refractivity contribution is 7.91. The van der Waals surface area contributed by atoms with Crippen LogP contribution in [0.25, 0.3) is 10.7 Å². The number of thiophene rings is 1. The van der Waals surface area contributed by atoms with Crippen LogP contribution in [0, 0.1) is 5.41 Å². The minimum Gasteiger partial charge on any atom is -0.465 e. The van der Waals surface area contributed by atoms with Gasteiger partial charge in [-0.3, -0.25) is 5.10 Å². The second-order valence-corrected chi connectivity index (χ2v) is 12.8. The smallest absolute Gasteiger partial charge is 0.404 e. The second kappa shape index (κ2) is 9.72. The van der Waals surface area contributed by atoms with E-state index in [1.54, 1.807) is 6.07 Å². The van der Waals surface area contributed by atoms with Crippen molar-refractivity contribution in [1.29, 1.82) is 0 Å². The van der Waals surface area contributed by atoms with E-state index in [-0.39, 0.29) is 10.8 Å². The molecule has 4 rings (SSSR count). The lowest BCUT2D eigenvalue weighted by Crippen LogP contribution is -2.50. The standard InChI is InChI=1S/C21H26ClN7O4S2/c1-21(2,3)15(25-20(30)31)10-24-35(32,33)17-7-6-14(34-17)19-23-9-12(22)18(27-19)26-16-8-13(28-29-16)11-4-5-11/h6-9,11,15,24-25H,4-5,10H2,1-3H3,(H,30,31)(H2,23,26,27,28,29). The number of sulfonamides is 1. The Morgan fingerprint density at radius 3 is 2.74 bits per heavy atom. The molecule has 0 bridgehead atoms. The summed E-state index contributed by atoms with van der Waals surface area (Å²) in [6, 6.07) is 4.37. The lowest BCUT2D eigenvalue weighted by Gasteiger charge is -2.30. The Bertz CT molecular complexity index is 1330. The van der Waals surface area contributed by atoms with E-state index < -0.39 is 27.6 Å². The first-order chi connectivity index (χ1) is 16.4. The lowest BCUT2D eigenvalue weighted by atomic mass is 9.87. The van der Waals surface area contributed by atoms with Crippen LogP contribution in [0.15, 0.2) is 28.6 Å². The molecule has 1 unspecified atom stereocenters. The molecule has 1 amide bonds. The summed E-state index contributed by atoms with van der Waals surface area (Å²) >= 11 is 7.26. The van der Waals surface area contributed by atoms with Gasteiger partial charge in [0, 0.05) is 24.2 Å². The number of halogens is 1. The van der Waals surface area contributed by atoms with E-state index in [1.165, 1.54) is 12.3 Å². The normalized spacial score (nSPS) is 15.1. The average Bonchev–Trinajstić information content (AvgIpc) is 3.29. The van der Waals surface area contributed by atoms with Gasteiger partial charge in [-0.1, -0.05) is 32.4 Å². The number of amides is 1. The number of anilines is 2. The van der Waals surface area contributed by atoms with Crippen LogP contribution in [0.1, 0.15) is 45.2 Å². The molecule has 35 heavy (non-hydrogen) atoms. The Kier molecular flexibility index (Phi) is 7.04. The van der Waals surface area contributed by atoms with Gasteiger partial charge < -0.3 is 15.7 Å². The molecule has 3 heterocycles. The zero-order valence-electron chi connectivity index (χ0n) is 19.3. The molecule has 0 radical (unpaired) electrons. The van der Waals surface area contributed by atoms with Crippen LogP contribution in [0.3, 0.4) is 0 Å². The molecular formula is C21H26ClN7O4S2. The van der Waals surface area contributed by atoms with Gasteiger partial charge in [0.15, 0.2) is 17.5 Å². The molecule has 0 aromatic carbocycles. The fourth-order valence-corrected chi connectivity index (χ4v) is 5.75. The first kappa shape index (κ1) is 25.4. The maximum Gasteiger partial charge on any atom is 0.404 e. The Balaban J connectivity index is 1.49. The van der Waals surface area contributed by atoms with Crippen LogP contribution in [-0.2, 0) is 10.0 Å². The molecule has 1 aliphatic rings. The van der Waals surface area contributed by atoms with Crippen molar-refractivity contribution in [2.24, 2.45) is 5.41 Å². The van der Waals surface area contributed by atoms with E-state index >= 15 is 0 Å². The molecule has 188 valence electrons. The largest absolute Gasteiger partial charge is 0.465 e. The van der Waals surface area contributed by atoms with Crippen molar-refractivity contribution >= 4 is 50.7 Å². The quantitative estimate of drug-likeness (QED) is 0.270. The number of nitrogens with zero attached hydrogens (tertiary/aromatic N) is 3. The summed E-state index contributed by atoms with van der Waals surface area (Å²) < 4.78 is 28.3. The topological polar surface area (TPSA) is 162 Å². The molecular weight excluding hydrogens is 514 g/mol. The predicted molar refractivity (Wildman–Crippen MR) is 134 cm³/mol. The Hall–Kier alpha value is -2.74. The van der Waals surface area contributed by atoms with Crippen molar-refractivity contribution in [3.05, 3.63) is 35.1 Å². The summed E-state index contributed by atoms with van der Waals surface area (Å²) in [6.07, 6.45) is 2.51. The van der Waals surface area contributed by atoms with Gasteiger partial charge in [-0.25, -0.2) is 27.9 Å². The molecule has 1 saturated carbocycles. The van der Waals surface area contributed by atoms with Gasteiger partial charge in [0.1, 0.15) is 9.23 Å². The van der Waals surface area contributed by atoms with Gasteiger partial charge in [0.25, 0.3) is 0 Å². The van der Waals surface area contributed by atoms with E-state index in [0.29, 0.717) is 33.3 Å². The van der Waals surface area contributed by atoms with Crippen molar-refractivity contribution in [3.8, 4) is 10.7 Å². The maximum atomic E-state index is 12.9. The van der Waals surface area contributed by atoms with Gasteiger partial charge in [0.2, 0.25) is 10.0 Å². The summed E-state index contributed by atoms with van der Waals surface area (Å²) in [4.78, 5) is 20.3. The van der Waals surface area contributed by atoms with Crippen LogP contribution < -0.4 is 15.4 Å². The molecule has 1 atom stereocenters. The second-order valence-electron chi connectivity index (χ2n) is 9.34. The first-order valence-corrected chi connectivity index (χ1v) is 13.5. The summed E-state index contributed by atoms with van der Waals surface area (Å²) in [5.74, 6) is 1.77. The highest BCUT2D eigenvalue weighted by Gasteiger charge is 2.29. The van der Waals surface area contributed by atoms with Crippen molar-refractivity contribution in [2.75, 3.05) is 11.9 Å². The maximum absolute atomic E-state index is 12.9. The summed E-state index contributed by atoms with van der Waals surface area (Å²) in [7, 11) is -3.88.